The summed E-state index contributed by atoms with van der Waals surface area (Å²) in [5.41, 5.74) is 9.80. The van der Waals surface area contributed by atoms with E-state index < -0.39 is 5.91 Å². The molecule has 100 valence electrons. The van der Waals surface area contributed by atoms with Gasteiger partial charge in [-0.3, -0.25) is 4.79 Å². The molecule has 0 saturated carbocycles. The lowest BCUT2D eigenvalue weighted by Gasteiger charge is -2.02. The van der Waals surface area contributed by atoms with Gasteiger partial charge < -0.3 is 10.3 Å². The van der Waals surface area contributed by atoms with E-state index >= 15 is 0 Å². The average molecular weight is 265 g/mol. The molecule has 4 heteroatoms. The lowest BCUT2D eigenvalue weighted by Crippen LogP contribution is -2.10. The van der Waals surface area contributed by atoms with Gasteiger partial charge in [0.2, 0.25) is 5.91 Å². The van der Waals surface area contributed by atoms with Crippen LogP contribution in [-0.4, -0.2) is 15.5 Å². The molecule has 2 aromatic carbocycles. The number of nitrogens with two attached hydrogens (primary N) is 1. The maximum atomic E-state index is 11.2. The van der Waals surface area contributed by atoms with Crippen molar-refractivity contribution in [1.29, 1.82) is 0 Å². The molecule has 3 aromatic rings. The Kier molecular flexibility index (Phi) is 2.79. The smallest absolute Gasteiger partial charge is 0.248 e. The lowest BCUT2D eigenvalue weighted by atomic mass is 10.1. The third-order valence-corrected chi connectivity index (χ3v) is 3.48. The molecule has 0 bridgehead atoms. The van der Waals surface area contributed by atoms with Gasteiger partial charge in [0.05, 0.1) is 11.0 Å². The molecule has 0 aliphatic carbocycles. The van der Waals surface area contributed by atoms with Gasteiger partial charge in [0.15, 0.2) is 0 Å². The van der Waals surface area contributed by atoms with E-state index in [9.17, 15) is 4.79 Å². The summed E-state index contributed by atoms with van der Waals surface area (Å²) in [6.07, 6.45) is 0. The SMILES string of the molecule is Cc1ccc(-c2nc3cc(C(N)=O)ccc3n2C)cc1. The second-order valence-corrected chi connectivity index (χ2v) is 4.93. The number of hydrogen-bond donors (Lipinski definition) is 1. The Bertz CT molecular complexity index is 800. The summed E-state index contributed by atoms with van der Waals surface area (Å²) >= 11 is 0. The van der Waals surface area contributed by atoms with Crippen LogP contribution in [0.15, 0.2) is 42.5 Å². The van der Waals surface area contributed by atoms with Crippen molar-refractivity contribution in [3.05, 3.63) is 53.6 Å². The molecule has 0 saturated heterocycles. The third-order valence-electron chi connectivity index (χ3n) is 3.48. The van der Waals surface area contributed by atoms with E-state index in [1.165, 1.54) is 5.56 Å². The predicted octanol–water partition coefficient (Wildman–Crippen LogP) is 2.65. The van der Waals surface area contributed by atoms with Crippen molar-refractivity contribution in [1.82, 2.24) is 9.55 Å². The molecule has 0 fully saturated rings. The molecule has 0 atom stereocenters. The van der Waals surface area contributed by atoms with Gasteiger partial charge in [0.25, 0.3) is 0 Å². The van der Waals surface area contributed by atoms with Crippen LogP contribution in [0.3, 0.4) is 0 Å². The van der Waals surface area contributed by atoms with Gasteiger partial charge in [-0.25, -0.2) is 4.98 Å². The van der Waals surface area contributed by atoms with Crippen molar-refractivity contribution in [2.45, 2.75) is 6.92 Å². The number of aryl methyl sites for hydroxylation is 2. The number of carbonyl (C=O) groups excluding carboxylic acids is 1. The van der Waals surface area contributed by atoms with Crippen LogP contribution in [0.2, 0.25) is 0 Å². The van der Waals surface area contributed by atoms with Crippen molar-refractivity contribution in [2.24, 2.45) is 12.8 Å². The minimum Gasteiger partial charge on any atom is -0.366 e. The lowest BCUT2D eigenvalue weighted by molar-refractivity contribution is 0.100. The third kappa shape index (κ3) is 1.95. The maximum Gasteiger partial charge on any atom is 0.248 e. The van der Waals surface area contributed by atoms with E-state index in [2.05, 4.69) is 24.0 Å². The summed E-state index contributed by atoms with van der Waals surface area (Å²) in [6.45, 7) is 2.05. The fraction of sp³-hybridized carbons (Fsp3) is 0.125. The normalized spacial score (nSPS) is 10.9. The van der Waals surface area contributed by atoms with Gasteiger partial charge in [0.1, 0.15) is 5.82 Å². The Labute approximate surface area is 116 Å². The molecular weight excluding hydrogens is 250 g/mol. The van der Waals surface area contributed by atoms with Crippen LogP contribution in [0, 0.1) is 6.92 Å². The molecule has 0 radical (unpaired) electrons. The van der Waals surface area contributed by atoms with Crippen LogP contribution in [0.1, 0.15) is 15.9 Å². The van der Waals surface area contributed by atoms with Gasteiger partial charge in [-0.15, -0.1) is 0 Å². The van der Waals surface area contributed by atoms with E-state index in [-0.39, 0.29) is 0 Å². The summed E-state index contributed by atoms with van der Waals surface area (Å²) in [6, 6.07) is 13.5. The first-order valence-corrected chi connectivity index (χ1v) is 6.39. The average Bonchev–Trinajstić information content (AvgIpc) is 2.76. The number of imidazole rings is 1. The minimum absolute atomic E-state index is 0.436. The quantitative estimate of drug-likeness (QED) is 0.774. The first-order chi connectivity index (χ1) is 9.56. The summed E-state index contributed by atoms with van der Waals surface area (Å²) in [5.74, 6) is 0.441. The van der Waals surface area contributed by atoms with Crippen molar-refractivity contribution in [3.63, 3.8) is 0 Å². The zero-order chi connectivity index (χ0) is 14.3. The molecule has 0 spiro atoms. The Morgan fingerprint density at radius 3 is 2.50 bits per heavy atom. The largest absolute Gasteiger partial charge is 0.366 e. The zero-order valence-electron chi connectivity index (χ0n) is 11.4. The van der Waals surface area contributed by atoms with Crippen LogP contribution < -0.4 is 5.73 Å². The van der Waals surface area contributed by atoms with Gasteiger partial charge in [0, 0.05) is 18.2 Å². The summed E-state index contributed by atoms with van der Waals surface area (Å²) in [4.78, 5) is 15.8. The Balaban J connectivity index is 2.19. The molecule has 0 unspecified atom stereocenters. The van der Waals surface area contributed by atoms with Crippen LogP contribution >= 0.6 is 0 Å². The second-order valence-electron chi connectivity index (χ2n) is 4.93. The molecule has 1 amide bonds. The first-order valence-electron chi connectivity index (χ1n) is 6.39. The Hall–Kier alpha value is -2.62. The molecule has 0 aliphatic heterocycles. The highest BCUT2D eigenvalue weighted by Crippen LogP contribution is 2.24. The van der Waals surface area contributed by atoms with E-state index in [1.54, 1.807) is 12.1 Å². The Morgan fingerprint density at radius 1 is 1.15 bits per heavy atom. The van der Waals surface area contributed by atoms with Gasteiger partial charge in [-0.2, -0.15) is 0 Å². The van der Waals surface area contributed by atoms with E-state index in [0.717, 1.165) is 22.4 Å². The molecule has 20 heavy (non-hydrogen) atoms. The highest BCUT2D eigenvalue weighted by molar-refractivity contribution is 5.96. The number of nitrogens with zero attached hydrogens (tertiary/aromatic N) is 2. The fourth-order valence-electron chi connectivity index (χ4n) is 2.31. The molecule has 4 nitrogen and oxygen atoms in total. The number of benzene rings is 2. The van der Waals surface area contributed by atoms with Crippen molar-refractivity contribution >= 4 is 16.9 Å². The predicted molar refractivity (Wildman–Crippen MR) is 79.4 cm³/mol. The summed E-state index contributed by atoms with van der Waals surface area (Å²) < 4.78 is 2.02. The van der Waals surface area contributed by atoms with Crippen LogP contribution in [0.5, 0.6) is 0 Å². The Morgan fingerprint density at radius 2 is 1.85 bits per heavy atom. The number of hydrogen-bond acceptors (Lipinski definition) is 2. The minimum atomic E-state index is -0.436. The molecule has 0 aliphatic rings. The topological polar surface area (TPSA) is 60.9 Å². The van der Waals surface area contributed by atoms with Gasteiger partial charge >= 0.3 is 0 Å². The van der Waals surface area contributed by atoms with Gasteiger partial charge in [-0.1, -0.05) is 29.8 Å². The highest BCUT2D eigenvalue weighted by Gasteiger charge is 2.11. The first kappa shape index (κ1) is 12.4. The molecular formula is C16H15N3O. The van der Waals surface area contributed by atoms with Gasteiger partial charge in [-0.05, 0) is 25.1 Å². The van der Waals surface area contributed by atoms with Crippen molar-refractivity contribution in [2.75, 3.05) is 0 Å². The van der Waals surface area contributed by atoms with Crippen LogP contribution in [0.4, 0.5) is 0 Å². The molecule has 1 aromatic heterocycles. The molecule has 2 N–H and O–H groups in total. The maximum absolute atomic E-state index is 11.2. The van der Waals surface area contributed by atoms with E-state index in [1.807, 2.05) is 29.8 Å². The summed E-state index contributed by atoms with van der Waals surface area (Å²) in [7, 11) is 1.97. The number of rotatable bonds is 2. The number of primary amides is 1. The van der Waals surface area contributed by atoms with Crippen LogP contribution in [-0.2, 0) is 7.05 Å². The van der Waals surface area contributed by atoms with E-state index in [4.69, 9.17) is 5.73 Å². The van der Waals surface area contributed by atoms with Crippen molar-refractivity contribution in [3.8, 4) is 11.4 Å². The zero-order valence-corrected chi connectivity index (χ0v) is 11.4. The standard InChI is InChI=1S/C16H15N3O/c1-10-3-5-11(6-4-10)16-18-13-9-12(15(17)20)7-8-14(13)19(16)2/h3-9H,1-2H3,(H2,17,20). The van der Waals surface area contributed by atoms with E-state index in [0.29, 0.717) is 5.56 Å². The second kappa shape index (κ2) is 4.49. The number of fused-ring (bicyclic) bond motifs is 1. The monoisotopic (exact) mass is 265 g/mol. The van der Waals surface area contributed by atoms with Crippen LogP contribution in [0.25, 0.3) is 22.4 Å². The number of amides is 1. The molecule has 3 rings (SSSR count). The summed E-state index contributed by atoms with van der Waals surface area (Å²) in [5, 5.41) is 0. The van der Waals surface area contributed by atoms with Crippen molar-refractivity contribution < 1.29 is 4.79 Å². The fourth-order valence-corrected chi connectivity index (χ4v) is 2.31. The number of aromatic nitrogens is 2. The number of carbonyl (C=O) groups is 1. The highest BCUT2D eigenvalue weighted by atomic mass is 16.1. The molecule has 1 heterocycles.